The zero-order valence-electron chi connectivity index (χ0n) is 10.3. The van der Waals surface area contributed by atoms with Crippen LogP contribution in [0.2, 0.25) is 0 Å². The SMILES string of the molecule is CC(C)C(C(=O)NCC1CCCO1)/C(N)=N/O. The van der Waals surface area contributed by atoms with E-state index in [1.165, 1.54) is 0 Å². The number of nitrogens with one attached hydrogen (secondary N) is 1. The summed E-state index contributed by atoms with van der Waals surface area (Å²) in [6.45, 7) is 4.96. The lowest BCUT2D eigenvalue weighted by atomic mass is 9.94. The second kappa shape index (κ2) is 6.44. The highest BCUT2D eigenvalue weighted by Gasteiger charge is 2.27. The average molecular weight is 243 g/mol. The molecule has 0 bridgehead atoms. The molecule has 1 aliphatic heterocycles. The van der Waals surface area contributed by atoms with Gasteiger partial charge in [-0.25, -0.2) is 0 Å². The molecule has 17 heavy (non-hydrogen) atoms. The minimum absolute atomic E-state index is 0.0182. The first-order valence-electron chi connectivity index (χ1n) is 5.93. The van der Waals surface area contributed by atoms with Crippen molar-refractivity contribution in [2.24, 2.45) is 22.7 Å². The summed E-state index contributed by atoms with van der Waals surface area (Å²) in [5.74, 6) is -0.882. The maximum absolute atomic E-state index is 11.9. The Kier molecular flexibility index (Phi) is 5.21. The van der Waals surface area contributed by atoms with E-state index in [2.05, 4.69) is 10.5 Å². The predicted molar refractivity (Wildman–Crippen MR) is 63.7 cm³/mol. The van der Waals surface area contributed by atoms with Gasteiger partial charge in [-0.15, -0.1) is 0 Å². The van der Waals surface area contributed by atoms with E-state index in [1.54, 1.807) is 0 Å². The topological polar surface area (TPSA) is 96.9 Å². The van der Waals surface area contributed by atoms with Gasteiger partial charge in [-0.2, -0.15) is 0 Å². The smallest absolute Gasteiger partial charge is 0.231 e. The number of ether oxygens (including phenoxy) is 1. The minimum Gasteiger partial charge on any atom is -0.409 e. The Morgan fingerprint density at radius 1 is 1.65 bits per heavy atom. The molecule has 0 saturated carbocycles. The molecule has 0 aromatic heterocycles. The van der Waals surface area contributed by atoms with Crippen LogP contribution in [0.1, 0.15) is 26.7 Å². The fourth-order valence-corrected chi connectivity index (χ4v) is 1.97. The van der Waals surface area contributed by atoms with E-state index in [-0.39, 0.29) is 23.8 Å². The Morgan fingerprint density at radius 3 is 2.82 bits per heavy atom. The summed E-state index contributed by atoms with van der Waals surface area (Å²) < 4.78 is 5.40. The van der Waals surface area contributed by atoms with Gasteiger partial charge in [0.2, 0.25) is 5.91 Å². The Balaban J connectivity index is 2.47. The molecule has 0 radical (unpaired) electrons. The highest BCUT2D eigenvalue weighted by molar-refractivity contribution is 6.02. The van der Waals surface area contributed by atoms with Crippen molar-refractivity contribution < 1.29 is 14.7 Å². The molecular formula is C11H21N3O3. The van der Waals surface area contributed by atoms with Crippen LogP contribution in [0.15, 0.2) is 5.16 Å². The summed E-state index contributed by atoms with van der Waals surface area (Å²) in [7, 11) is 0. The van der Waals surface area contributed by atoms with Crippen LogP contribution in [0, 0.1) is 11.8 Å². The fraction of sp³-hybridized carbons (Fsp3) is 0.818. The molecule has 6 heteroatoms. The van der Waals surface area contributed by atoms with Gasteiger partial charge >= 0.3 is 0 Å². The maximum Gasteiger partial charge on any atom is 0.231 e. The van der Waals surface area contributed by atoms with E-state index in [0.29, 0.717) is 6.54 Å². The van der Waals surface area contributed by atoms with Crippen LogP contribution >= 0.6 is 0 Å². The van der Waals surface area contributed by atoms with Crippen molar-refractivity contribution in [3.8, 4) is 0 Å². The van der Waals surface area contributed by atoms with Gasteiger partial charge in [-0.1, -0.05) is 19.0 Å². The number of oxime groups is 1. The third-order valence-corrected chi connectivity index (χ3v) is 2.91. The Bertz CT molecular complexity index is 286. The fourth-order valence-electron chi connectivity index (χ4n) is 1.97. The lowest BCUT2D eigenvalue weighted by Gasteiger charge is -2.20. The third-order valence-electron chi connectivity index (χ3n) is 2.91. The van der Waals surface area contributed by atoms with Crippen molar-refractivity contribution in [2.75, 3.05) is 13.2 Å². The van der Waals surface area contributed by atoms with Crippen LogP contribution < -0.4 is 11.1 Å². The largest absolute Gasteiger partial charge is 0.409 e. The monoisotopic (exact) mass is 243 g/mol. The lowest BCUT2D eigenvalue weighted by molar-refractivity contribution is -0.124. The molecule has 1 amide bonds. The van der Waals surface area contributed by atoms with Crippen molar-refractivity contribution in [1.82, 2.24) is 5.32 Å². The van der Waals surface area contributed by atoms with Crippen molar-refractivity contribution in [3.05, 3.63) is 0 Å². The quantitative estimate of drug-likeness (QED) is 0.280. The first-order valence-corrected chi connectivity index (χ1v) is 5.93. The lowest BCUT2D eigenvalue weighted by Crippen LogP contribution is -2.44. The van der Waals surface area contributed by atoms with E-state index >= 15 is 0 Å². The Labute approximate surface area is 101 Å². The van der Waals surface area contributed by atoms with Gasteiger partial charge in [0.15, 0.2) is 5.84 Å². The van der Waals surface area contributed by atoms with Crippen LogP contribution in [-0.4, -0.2) is 36.2 Å². The van der Waals surface area contributed by atoms with E-state index in [1.807, 2.05) is 13.8 Å². The zero-order valence-corrected chi connectivity index (χ0v) is 10.3. The molecule has 4 N–H and O–H groups in total. The van der Waals surface area contributed by atoms with E-state index in [4.69, 9.17) is 15.7 Å². The Morgan fingerprint density at radius 2 is 2.35 bits per heavy atom. The molecule has 98 valence electrons. The average Bonchev–Trinajstić information content (AvgIpc) is 2.78. The van der Waals surface area contributed by atoms with Crippen LogP contribution in [0.25, 0.3) is 0 Å². The second-order valence-electron chi connectivity index (χ2n) is 4.63. The number of nitrogens with two attached hydrogens (primary N) is 1. The van der Waals surface area contributed by atoms with E-state index in [0.717, 1.165) is 19.4 Å². The number of amides is 1. The first kappa shape index (κ1) is 13.8. The molecule has 2 atom stereocenters. The summed E-state index contributed by atoms with van der Waals surface area (Å²) in [6, 6.07) is 0. The molecule has 1 saturated heterocycles. The molecule has 6 nitrogen and oxygen atoms in total. The first-order chi connectivity index (χ1) is 8.06. The molecule has 1 heterocycles. The number of carbonyl (C=O) groups excluding carboxylic acids is 1. The van der Waals surface area contributed by atoms with Crippen molar-refractivity contribution in [1.29, 1.82) is 0 Å². The van der Waals surface area contributed by atoms with Crippen LogP contribution in [-0.2, 0) is 9.53 Å². The summed E-state index contributed by atoms with van der Waals surface area (Å²) in [5.41, 5.74) is 5.51. The van der Waals surface area contributed by atoms with E-state index in [9.17, 15) is 4.79 Å². The molecule has 0 aromatic rings. The number of nitrogens with zero attached hydrogens (tertiary/aromatic N) is 1. The molecule has 1 fully saturated rings. The third kappa shape index (κ3) is 3.89. The highest BCUT2D eigenvalue weighted by Crippen LogP contribution is 2.13. The normalized spacial score (nSPS) is 22.8. The van der Waals surface area contributed by atoms with Gasteiger partial charge in [0, 0.05) is 13.2 Å². The van der Waals surface area contributed by atoms with Gasteiger partial charge in [0.1, 0.15) is 5.92 Å². The van der Waals surface area contributed by atoms with Crippen molar-refractivity contribution in [3.63, 3.8) is 0 Å². The number of rotatable bonds is 5. The molecular weight excluding hydrogens is 222 g/mol. The van der Waals surface area contributed by atoms with Gasteiger partial charge in [0.25, 0.3) is 0 Å². The summed E-state index contributed by atoms with van der Waals surface area (Å²) >= 11 is 0. The minimum atomic E-state index is -0.596. The summed E-state index contributed by atoms with van der Waals surface area (Å²) in [4.78, 5) is 11.9. The zero-order chi connectivity index (χ0) is 12.8. The summed E-state index contributed by atoms with van der Waals surface area (Å²) in [5, 5.41) is 14.3. The van der Waals surface area contributed by atoms with Crippen LogP contribution in [0.4, 0.5) is 0 Å². The van der Waals surface area contributed by atoms with Gasteiger partial charge in [-0.3, -0.25) is 4.79 Å². The number of hydrogen-bond acceptors (Lipinski definition) is 4. The molecule has 1 aliphatic rings. The second-order valence-corrected chi connectivity index (χ2v) is 4.63. The van der Waals surface area contributed by atoms with Gasteiger partial charge < -0.3 is 21.0 Å². The number of amidine groups is 1. The van der Waals surface area contributed by atoms with E-state index < -0.39 is 5.92 Å². The molecule has 0 aromatic carbocycles. The standard InChI is InChI=1S/C11H21N3O3/c1-7(2)9(10(12)14-16)11(15)13-6-8-4-3-5-17-8/h7-9,16H,3-6H2,1-2H3,(H2,12,14)(H,13,15). The van der Waals surface area contributed by atoms with Crippen LogP contribution in [0.5, 0.6) is 0 Å². The van der Waals surface area contributed by atoms with Gasteiger partial charge in [0.05, 0.1) is 6.10 Å². The summed E-state index contributed by atoms with van der Waals surface area (Å²) in [6.07, 6.45) is 2.10. The Hall–Kier alpha value is -1.30. The number of hydrogen-bond donors (Lipinski definition) is 3. The molecule has 2 unspecified atom stereocenters. The highest BCUT2D eigenvalue weighted by atomic mass is 16.5. The van der Waals surface area contributed by atoms with Crippen LogP contribution in [0.3, 0.4) is 0 Å². The molecule has 1 rings (SSSR count). The predicted octanol–water partition coefficient (Wildman–Crippen LogP) is 0.300. The number of carbonyl (C=O) groups is 1. The molecule has 0 spiro atoms. The van der Waals surface area contributed by atoms with Crippen molar-refractivity contribution in [2.45, 2.75) is 32.8 Å². The van der Waals surface area contributed by atoms with Gasteiger partial charge in [-0.05, 0) is 18.8 Å². The maximum atomic E-state index is 11.9. The molecule has 0 aliphatic carbocycles. The van der Waals surface area contributed by atoms with Crippen molar-refractivity contribution >= 4 is 11.7 Å².